The van der Waals surface area contributed by atoms with Crippen LogP contribution in [0.3, 0.4) is 0 Å². The maximum absolute atomic E-state index is 12.4. The normalized spacial score (nSPS) is 12.2. The number of aromatic nitrogens is 3. The van der Waals surface area contributed by atoms with Crippen LogP contribution in [-0.4, -0.2) is 20.3 Å². The van der Waals surface area contributed by atoms with Crippen LogP contribution in [0.2, 0.25) is 0 Å². The van der Waals surface area contributed by atoms with E-state index in [0.717, 1.165) is 33.8 Å². The molecule has 2 heterocycles. The van der Waals surface area contributed by atoms with Crippen molar-refractivity contribution in [2.24, 2.45) is 4.99 Å². The molecular weight excluding hydrogens is 296 g/mol. The van der Waals surface area contributed by atoms with Crippen molar-refractivity contribution in [3.05, 3.63) is 46.5 Å². The van der Waals surface area contributed by atoms with Gasteiger partial charge in [-0.15, -0.1) is 0 Å². The Labute approximate surface area is 132 Å². The molecule has 0 spiro atoms. The van der Waals surface area contributed by atoms with Crippen LogP contribution in [0.25, 0.3) is 10.2 Å². The summed E-state index contributed by atoms with van der Waals surface area (Å²) in [7, 11) is 0. The quantitative estimate of drug-likeness (QED) is 0.746. The van der Waals surface area contributed by atoms with Crippen LogP contribution in [0.1, 0.15) is 30.0 Å². The van der Waals surface area contributed by atoms with Crippen molar-refractivity contribution >= 4 is 27.5 Å². The summed E-state index contributed by atoms with van der Waals surface area (Å²) < 4.78 is 4.99. The van der Waals surface area contributed by atoms with Crippen LogP contribution in [0.4, 0.5) is 0 Å². The molecule has 0 unspecified atom stereocenters. The average molecular weight is 314 g/mol. The molecular formula is C16H18N4OS. The summed E-state index contributed by atoms with van der Waals surface area (Å²) in [5.41, 5.74) is 2.48. The van der Waals surface area contributed by atoms with E-state index in [0.29, 0.717) is 5.69 Å². The van der Waals surface area contributed by atoms with Gasteiger partial charge < -0.3 is 4.57 Å². The minimum atomic E-state index is -0.288. The second-order valence-corrected chi connectivity index (χ2v) is 6.01. The van der Waals surface area contributed by atoms with Crippen LogP contribution in [-0.2, 0) is 13.1 Å². The minimum absolute atomic E-state index is 0.288. The van der Waals surface area contributed by atoms with E-state index in [4.69, 9.17) is 0 Å². The molecule has 0 aliphatic rings. The second kappa shape index (κ2) is 5.88. The number of fused-ring (bicyclic) bond motifs is 1. The number of rotatable bonds is 3. The zero-order chi connectivity index (χ0) is 15.7. The highest BCUT2D eigenvalue weighted by molar-refractivity contribution is 7.16. The number of amides is 1. The first-order valence-corrected chi connectivity index (χ1v) is 8.17. The molecule has 0 fully saturated rings. The van der Waals surface area contributed by atoms with Crippen molar-refractivity contribution in [1.29, 1.82) is 0 Å². The predicted octanol–water partition coefficient (Wildman–Crippen LogP) is 2.99. The van der Waals surface area contributed by atoms with E-state index >= 15 is 0 Å². The first-order valence-electron chi connectivity index (χ1n) is 7.36. The third kappa shape index (κ3) is 2.50. The Kier molecular flexibility index (Phi) is 3.94. The predicted molar refractivity (Wildman–Crippen MR) is 88.0 cm³/mol. The van der Waals surface area contributed by atoms with Gasteiger partial charge in [-0.05, 0) is 39.0 Å². The molecule has 0 saturated heterocycles. The third-order valence-corrected chi connectivity index (χ3v) is 4.66. The molecule has 2 aromatic heterocycles. The molecule has 3 rings (SSSR count). The van der Waals surface area contributed by atoms with Gasteiger partial charge in [0.05, 0.1) is 10.2 Å². The largest absolute Gasteiger partial charge is 0.317 e. The van der Waals surface area contributed by atoms with E-state index in [1.807, 2.05) is 36.7 Å². The highest BCUT2D eigenvalue weighted by Crippen LogP contribution is 2.16. The minimum Gasteiger partial charge on any atom is -0.317 e. The number of carbonyl (C=O) groups excluding carboxylic acids is 1. The number of aryl methyl sites for hydroxylation is 3. The summed E-state index contributed by atoms with van der Waals surface area (Å²) in [5, 5.41) is 4.30. The van der Waals surface area contributed by atoms with Gasteiger partial charge in [0.15, 0.2) is 10.5 Å². The maximum atomic E-state index is 12.4. The molecule has 0 aliphatic carbocycles. The van der Waals surface area contributed by atoms with E-state index in [1.54, 1.807) is 6.07 Å². The number of carbonyl (C=O) groups is 1. The van der Waals surface area contributed by atoms with Gasteiger partial charge in [0, 0.05) is 18.8 Å². The van der Waals surface area contributed by atoms with Crippen molar-refractivity contribution in [3.63, 3.8) is 0 Å². The van der Waals surface area contributed by atoms with Gasteiger partial charge >= 0.3 is 0 Å². The topological polar surface area (TPSA) is 52.2 Å². The van der Waals surface area contributed by atoms with Gasteiger partial charge in [-0.25, -0.2) is 0 Å². The van der Waals surface area contributed by atoms with Gasteiger partial charge in [0.1, 0.15) is 0 Å². The Bertz CT molecular complexity index is 900. The molecule has 0 N–H and O–H groups in total. The molecule has 0 saturated carbocycles. The SMILES string of the molecule is CCn1nc(C(=O)N=c2sc3ccccc3n2CC)cc1C. The molecule has 0 bridgehead atoms. The van der Waals surface area contributed by atoms with Crippen molar-refractivity contribution in [2.75, 3.05) is 0 Å². The van der Waals surface area contributed by atoms with Crippen molar-refractivity contribution in [1.82, 2.24) is 14.3 Å². The molecule has 0 radical (unpaired) electrons. The van der Waals surface area contributed by atoms with Gasteiger partial charge in [-0.2, -0.15) is 10.1 Å². The Balaban J connectivity index is 2.09. The summed E-state index contributed by atoms with van der Waals surface area (Å²) in [4.78, 5) is 17.4. The van der Waals surface area contributed by atoms with Crippen LogP contribution >= 0.6 is 11.3 Å². The number of thiazole rings is 1. The summed E-state index contributed by atoms with van der Waals surface area (Å²) in [5.74, 6) is -0.288. The Morgan fingerprint density at radius 1 is 1.27 bits per heavy atom. The van der Waals surface area contributed by atoms with Gasteiger partial charge in [-0.1, -0.05) is 23.5 Å². The molecule has 3 aromatic rings. The van der Waals surface area contributed by atoms with Crippen LogP contribution in [0, 0.1) is 6.92 Å². The highest BCUT2D eigenvalue weighted by atomic mass is 32.1. The van der Waals surface area contributed by atoms with Crippen molar-refractivity contribution in [3.8, 4) is 0 Å². The number of nitrogens with zero attached hydrogens (tertiary/aromatic N) is 4. The van der Waals surface area contributed by atoms with Crippen LogP contribution in [0.5, 0.6) is 0 Å². The van der Waals surface area contributed by atoms with E-state index in [1.165, 1.54) is 11.3 Å². The number of hydrogen-bond acceptors (Lipinski definition) is 3. The fourth-order valence-corrected chi connectivity index (χ4v) is 3.58. The first kappa shape index (κ1) is 14.7. The van der Waals surface area contributed by atoms with Crippen molar-refractivity contribution < 1.29 is 4.79 Å². The monoisotopic (exact) mass is 314 g/mol. The highest BCUT2D eigenvalue weighted by Gasteiger charge is 2.12. The van der Waals surface area contributed by atoms with Gasteiger partial charge in [-0.3, -0.25) is 9.48 Å². The lowest BCUT2D eigenvalue weighted by atomic mass is 10.3. The molecule has 114 valence electrons. The van der Waals surface area contributed by atoms with E-state index < -0.39 is 0 Å². The standard InChI is InChI=1S/C16H18N4OS/c1-4-19-13-8-6-7-9-14(13)22-16(19)17-15(21)12-10-11(3)20(5-2)18-12/h6-10H,4-5H2,1-3H3. The maximum Gasteiger partial charge on any atom is 0.300 e. The van der Waals surface area contributed by atoms with Gasteiger partial charge in [0.25, 0.3) is 5.91 Å². The lowest BCUT2D eigenvalue weighted by Gasteiger charge is -1.99. The van der Waals surface area contributed by atoms with Gasteiger partial charge in [0.2, 0.25) is 0 Å². The van der Waals surface area contributed by atoms with E-state index in [-0.39, 0.29) is 5.91 Å². The molecule has 1 aromatic carbocycles. The number of hydrogen-bond donors (Lipinski definition) is 0. The molecule has 0 aliphatic heterocycles. The summed E-state index contributed by atoms with van der Waals surface area (Å²) in [6.45, 7) is 7.52. The second-order valence-electron chi connectivity index (χ2n) is 5.00. The molecule has 6 heteroatoms. The fraction of sp³-hybridized carbons (Fsp3) is 0.312. The third-order valence-electron chi connectivity index (χ3n) is 3.60. The molecule has 1 amide bonds. The molecule has 22 heavy (non-hydrogen) atoms. The lowest BCUT2D eigenvalue weighted by Crippen LogP contribution is -2.16. The van der Waals surface area contributed by atoms with E-state index in [9.17, 15) is 4.79 Å². The zero-order valence-electron chi connectivity index (χ0n) is 12.9. The van der Waals surface area contributed by atoms with Crippen molar-refractivity contribution in [2.45, 2.75) is 33.9 Å². The van der Waals surface area contributed by atoms with Crippen LogP contribution in [0.15, 0.2) is 35.3 Å². The lowest BCUT2D eigenvalue weighted by molar-refractivity contribution is 0.0992. The fourth-order valence-electron chi connectivity index (χ4n) is 2.49. The molecule has 5 nitrogen and oxygen atoms in total. The summed E-state index contributed by atoms with van der Waals surface area (Å²) in [6.07, 6.45) is 0. The molecule has 0 atom stereocenters. The number of para-hydroxylation sites is 1. The Morgan fingerprint density at radius 2 is 2.05 bits per heavy atom. The first-order chi connectivity index (χ1) is 10.6. The summed E-state index contributed by atoms with van der Waals surface area (Å²) in [6, 6.07) is 9.88. The zero-order valence-corrected chi connectivity index (χ0v) is 13.7. The Morgan fingerprint density at radius 3 is 2.73 bits per heavy atom. The summed E-state index contributed by atoms with van der Waals surface area (Å²) >= 11 is 1.53. The Hall–Kier alpha value is -2.21. The van der Waals surface area contributed by atoms with Crippen LogP contribution < -0.4 is 4.80 Å². The number of benzene rings is 1. The average Bonchev–Trinajstić information content (AvgIpc) is 3.06. The smallest absolute Gasteiger partial charge is 0.300 e. The van der Waals surface area contributed by atoms with E-state index in [2.05, 4.69) is 27.6 Å².